The van der Waals surface area contributed by atoms with Crippen molar-refractivity contribution in [2.45, 2.75) is 40.0 Å². The first kappa shape index (κ1) is 7.84. The van der Waals surface area contributed by atoms with Crippen molar-refractivity contribution < 1.29 is 0 Å². The fourth-order valence-electron chi connectivity index (χ4n) is 1.85. The fourth-order valence-corrected chi connectivity index (χ4v) is 1.85. The van der Waals surface area contributed by atoms with Gasteiger partial charge in [-0.05, 0) is 31.1 Å². The van der Waals surface area contributed by atoms with E-state index in [1.165, 1.54) is 24.8 Å². The van der Waals surface area contributed by atoms with E-state index in [1.807, 2.05) is 0 Å². The summed E-state index contributed by atoms with van der Waals surface area (Å²) in [5.41, 5.74) is 1.87. The Labute approximate surface area is 64.3 Å². The Morgan fingerprint density at radius 1 is 1.60 bits per heavy atom. The number of rotatable bonds is 2. The van der Waals surface area contributed by atoms with Gasteiger partial charge in [-0.2, -0.15) is 0 Å². The van der Waals surface area contributed by atoms with E-state index in [9.17, 15) is 0 Å². The van der Waals surface area contributed by atoms with Crippen LogP contribution in [0.3, 0.4) is 0 Å². The molecule has 0 bridgehead atoms. The predicted molar refractivity (Wildman–Crippen MR) is 45.9 cm³/mol. The smallest absolute Gasteiger partial charge is 0.0117 e. The molecule has 0 radical (unpaired) electrons. The lowest BCUT2D eigenvalue weighted by molar-refractivity contribution is 0.113. The van der Waals surface area contributed by atoms with E-state index in [-0.39, 0.29) is 0 Å². The van der Waals surface area contributed by atoms with Crippen molar-refractivity contribution in [2.24, 2.45) is 11.3 Å². The standard InChI is InChI=1S/C10H18/c1-5-9-6-10(4,7-9)8(2)3/h9H,2,5-7H2,1,3-4H3. The summed E-state index contributed by atoms with van der Waals surface area (Å²) >= 11 is 0. The second kappa shape index (κ2) is 2.41. The van der Waals surface area contributed by atoms with Crippen LogP contribution in [0.25, 0.3) is 0 Å². The zero-order chi connectivity index (χ0) is 7.78. The minimum absolute atomic E-state index is 0.501. The van der Waals surface area contributed by atoms with Gasteiger partial charge in [0.05, 0.1) is 0 Å². The predicted octanol–water partition coefficient (Wildman–Crippen LogP) is 3.39. The van der Waals surface area contributed by atoms with Crippen LogP contribution >= 0.6 is 0 Å². The molecule has 1 saturated carbocycles. The second-order valence-corrected chi connectivity index (χ2v) is 4.02. The average molecular weight is 138 g/mol. The summed E-state index contributed by atoms with van der Waals surface area (Å²) in [6.07, 6.45) is 4.10. The molecule has 0 aromatic heterocycles. The first-order valence-corrected chi connectivity index (χ1v) is 4.24. The Morgan fingerprint density at radius 2 is 2.10 bits per heavy atom. The molecule has 0 aromatic rings. The number of hydrogen-bond acceptors (Lipinski definition) is 0. The van der Waals surface area contributed by atoms with Crippen LogP contribution in [0.4, 0.5) is 0 Å². The van der Waals surface area contributed by atoms with Crippen LogP contribution < -0.4 is 0 Å². The SMILES string of the molecule is C=C(C)C1(C)CC(CC)C1. The molecule has 0 saturated heterocycles. The highest BCUT2D eigenvalue weighted by atomic mass is 14.4. The van der Waals surface area contributed by atoms with Crippen molar-refractivity contribution >= 4 is 0 Å². The first-order chi connectivity index (χ1) is 4.58. The van der Waals surface area contributed by atoms with Crippen LogP contribution in [0, 0.1) is 11.3 Å². The summed E-state index contributed by atoms with van der Waals surface area (Å²) in [5.74, 6) is 0.988. The van der Waals surface area contributed by atoms with Crippen molar-refractivity contribution in [1.82, 2.24) is 0 Å². The summed E-state index contributed by atoms with van der Waals surface area (Å²) in [6.45, 7) is 10.8. The normalized spacial score (nSPS) is 38.9. The molecule has 0 unspecified atom stereocenters. The molecule has 1 aliphatic carbocycles. The van der Waals surface area contributed by atoms with Gasteiger partial charge in [-0.25, -0.2) is 0 Å². The maximum atomic E-state index is 4.02. The molecule has 58 valence electrons. The minimum atomic E-state index is 0.501. The molecule has 0 heterocycles. The lowest BCUT2D eigenvalue weighted by Crippen LogP contribution is -2.34. The quantitative estimate of drug-likeness (QED) is 0.513. The Hall–Kier alpha value is -0.260. The largest absolute Gasteiger partial charge is 0.0996 e. The molecule has 0 heteroatoms. The summed E-state index contributed by atoms with van der Waals surface area (Å²) in [6, 6.07) is 0. The molecule has 0 N–H and O–H groups in total. The Balaban J connectivity index is 2.42. The van der Waals surface area contributed by atoms with Gasteiger partial charge in [0.15, 0.2) is 0 Å². The summed E-state index contributed by atoms with van der Waals surface area (Å²) in [7, 11) is 0. The third kappa shape index (κ3) is 1.12. The van der Waals surface area contributed by atoms with E-state index >= 15 is 0 Å². The molecule has 10 heavy (non-hydrogen) atoms. The van der Waals surface area contributed by atoms with E-state index in [0.29, 0.717) is 5.41 Å². The van der Waals surface area contributed by atoms with Crippen molar-refractivity contribution in [3.05, 3.63) is 12.2 Å². The van der Waals surface area contributed by atoms with Crippen LogP contribution in [0.15, 0.2) is 12.2 Å². The molecule has 0 spiro atoms. The molecule has 0 aliphatic heterocycles. The second-order valence-electron chi connectivity index (χ2n) is 4.02. The van der Waals surface area contributed by atoms with Crippen LogP contribution in [-0.2, 0) is 0 Å². The maximum Gasteiger partial charge on any atom is -0.0117 e. The molecule has 0 atom stereocenters. The van der Waals surface area contributed by atoms with Gasteiger partial charge in [-0.15, -0.1) is 0 Å². The third-order valence-corrected chi connectivity index (χ3v) is 3.09. The topological polar surface area (TPSA) is 0 Å². The maximum absolute atomic E-state index is 4.02. The van der Waals surface area contributed by atoms with E-state index < -0.39 is 0 Å². The van der Waals surface area contributed by atoms with Crippen LogP contribution in [0.2, 0.25) is 0 Å². The highest BCUT2D eigenvalue weighted by molar-refractivity contribution is 5.11. The molecule has 0 nitrogen and oxygen atoms in total. The lowest BCUT2D eigenvalue weighted by atomic mass is 9.59. The first-order valence-electron chi connectivity index (χ1n) is 4.24. The minimum Gasteiger partial charge on any atom is -0.0996 e. The molecule has 1 fully saturated rings. The van der Waals surface area contributed by atoms with Crippen LogP contribution in [0.5, 0.6) is 0 Å². The van der Waals surface area contributed by atoms with Gasteiger partial charge < -0.3 is 0 Å². The van der Waals surface area contributed by atoms with Crippen molar-refractivity contribution in [2.75, 3.05) is 0 Å². The number of allylic oxidation sites excluding steroid dienone is 1. The Bertz CT molecular complexity index is 138. The van der Waals surface area contributed by atoms with Gasteiger partial charge in [-0.1, -0.05) is 32.4 Å². The van der Waals surface area contributed by atoms with Crippen LogP contribution in [-0.4, -0.2) is 0 Å². The van der Waals surface area contributed by atoms with E-state index in [2.05, 4.69) is 27.4 Å². The zero-order valence-electron chi connectivity index (χ0n) is 7.41. The summed E-state index contributed by atoms with van der Waals surface area (Å²) in [4.78, 5) is 0. The molecule has 1 rings (SSSR count). The molecule has 1 aliphatic rings. The van der Waals surface area contributed by atoms with E-state index in [1.54, 1.807) is 0 Å². The van der Waals surface area contributed by atoms with Gasteiger partial charge in [-0.3, -0.25) is 0 Å². The third-order valence-electron chi connectivity index (χ3n) is 3.09. The summed E-state index contributed by atoms with van der Waals surface area (Å²) < 4.78 is 0. The fraction of sp³-hybridized carbons (Fsp3) is 0.800. The Morgan fingerprint density at radius 3 is 2.40 bits per heavy atom. The summed E-state index contributed by atoms with van der Waals surface area (Å²) in [5, 5.41) is 0. The molecular formula is C10H18. The van der Waals surface area contributed by atoms with Gasteiger partial charge in [0, 0.05) is 0 Å². The van der Waals surface area contributed by atoms with Crippen molar-refractivity contribution in [3.63, 3.8) is 0 Å². The zero-order valence-corrected chi connectivity index (χ0v) is 7.41. The van der Waals surface area contributed by atoms with Gasteiger partial charge in [0.2, 0.25) is 0 Å². The Kier molecular flexibility index (Phi) is 1.89. The number of hydrogen-bond donors (Lipinski definition) is 0. The average Bonchev–Trinajstić information content (AvgIpc) is 1.80. The lowest BCUT2D eigenvalue weighted by Gasteiger charge is -2.46. The van der Waals surface area contributed by atoms with Gasteiger partial charge in [0.25, 0.3) is 0 Å². The van der Waals surface area contributed by atoms with Crippen molar-refractivity contribution in [3.8, 4) is 0 Å². The van der Waals surface area contributed by atoms with Crippen LogP contribution in [0.1, 0.15) is 40.0 Å². The van der Waals surface area contributed by atoms with Gasteiger partial charge >= 0.3 is 0 Å². The van der Waals surface area contributed by atoms with Crippen molar-refractivity contribution in [1.29, 1.82) is 0 Å². The molecule has 0 aromatic carbocycles. The van der Waals surface area contributed by atoms with E-state index in [0.717, 1.165) is 5.92 Å². The monoisotopic (exact) mass is 138 g/mol. The molecule has 0 amide bonds. The van der Waals surface area contributed by atoms with Gasteiger partial charge in [0.1, 0.15) is 0 Å². The highest BCUT2D eigenvalue weighted by Gasteiger charge is 2.39. The van der Waals surface area contributed by atoms with E-state index in [4.69, 9.17) is 0 Å². The highest BCUT2D eigenvalue weighted by Crippen LogP contribution is 2.50. The molecular weight excluding hydrogens is 120 g/mol.